The molecule has 1 aliphatic heterocycles. The van der Waals surface area contributed by atoms with E-state index in [2.05, 4.69) is 0 Å². The zero-order chi connectivity index (χ0) is 20.9. The first-order valence-electron chi connectivity index (χ1n) is 9.11. The highest BCUT2D eigenvalue weighted by molar-refractivity contribution is 5.89. The summed E-state index contributed by atoms with van der Waals surface area (Å²) in [5, 5.41) is 30.4. The Morgan fingerprint density at radius 3 is 2.62 bits per heavy atom. The molecule has 6 nitrogen and oxygen atoms in total. The average molecular weight is 403 g/mol. The molecule has 0 aliphatic carbocycles. The van der Waals surface area contributed by atoms with Gasteiger partial charge in [-0.1, -0.05) is 0 Å². The van der Waals surface area contributed by atoms with Gasteiger partial charge in [0.25, 0.3) is 0 Å². The summed E-state index contributed by atoms with van der Waals surface area (Å²) in [4.78, 5) is 14.6. The van der Waals surface area contributed by atoms with Crippen LogP contribution in [-0.2, 0) is 0 Å². The first-order chi connectivity index (χ1) is 13.8. The van der Waals surface area contributed by atoms with Gasteiger partial charge in [0.2, 0.25) is 0 Å². The number of aliphatic hydroxyl groups is 1. The van der Waals surface area contributed by atoms with Crippen LogP contribution in [0.15, 0.2) is 39.5 Å². The number of hydrogen-bond donors (Lipinski definition) is 3. The van der Waals surface area contributed by atoms with Crippen LogP contribution >= 0.6 is 0 Å². The molecule has 8 heteroatoms. The van der Waals surface area contributed by atoms with Crippen molar-refractivity contribution in [3.8, 4) is 22.8 Å². The third-order valence-corrected chi connectivity index (χ3v) is 5.58. The molecule has 2 aromatic carbocycles. The Kier molecular flexibility index (Phi) is 4.76. The second-order valence-electron chi connectivity index (χ2n) is 7.26. The Balaban J connectivity index is 2.01. The van der Waals surface area contributed by atoms with Gasteiger partial charge in [-0.3, -0.25) is 4.79 Å². The normalized spacial score (nSPS) is 19.9. The van der Waals surface area contributed by atoms with Gasteiger partial charge in [0.05, 0.1) is 12.2 Å². The summed E-state index contributed by atoms with van der Waals surface area (Å²) in [7, 11) is 1.83. The lowest BCUT2D eigenvalue weighted by Gasteiger charge is -2.24. The van der Waals surface area contributed by atoms with Gasteiger partial charge in [-0.2, -0.15) is 0 Å². The van der Waals surface area contributed by atoms with Gasteiger partial charge in [0, 0.05) is 35.7 Å². The van der Waals surface area contributed by atoms with E-state index in [4.69, 9.17) is 4.42 Å². The molecular formula is C21H19F2NO5. The lowest BCUT2D eigenvalue weighted by Crippen LogP contribution is -2.32. The molecule has 152 valence electrons. The number of likely N-dealkylation sites (tertiary alicyclic amines) is 1. The maximum Gasteiger partial charge on any atom is 0.197 e. The van der Waals surface area contributed by atoms with Crippen molar-refractivity contribution in [1.82, 2.24) is 4.90 Å². The standard InChI is InChI=1S/C21H19F2NO5/c1-24-5-4-12(14(24)9-25)19-15(26)7-16(27)20-17(28)8-18(29-21(19)20)11-3-2-10(22)6-13(11)23/h2-3,6-8,12,14,25-27H,4-5,9H2,1H3. The van der Waals surface area contributed by atoms with E-state index in [0.717, 1.165) is 24.3 Å². The number of aliphatic hydroxyl groups excluding tert-OH is 1. The highest BCUT2D eigenvalue weighted by atomic mass is 19.1. The number of nitrogens with zero attached hydrogens (tertiary/aromatic N) is 1. The third-order valence-electron chi connectivity index (χ3n) is 5.58. The van der Waals surface area contributed by atoms with Crippen molar-refractivity contribution in [3.63, 3.8) is 0 Å². The van der Waals surface area contributed by atoms with Crippen LogP contribution in [0.4, 0.5) is 8.78 Å². The Hall–Kier alpha value is -2.97. The van der Waals surface area contributed by atoms with E-state index in [1.165, 1.54) is 0 Å². The largest absolute Gasteiger partial charge is 0.507 e. The quantitative estimate of drug-likeness (QED) is 0.623. The fraction of sp³-hybridized carbons (Fsp3) is 0.286. The maximum atomic E-state index is 14.3. The third kappa shape index (κ3) is 3.14. The zero-order valence-electron chi connectivity index (χ0n) is 15.5. The number of hydrogen-bond acceptors (Lipinski definition) is 6. The van der Waals surface area contributed by atoms with Crippen molar-refractivity contribution in [2.45, 2.75) is 18.4 Å². The van der Waals surface area contributed by atoms with Crippen molar-refractivity contribution < 1.29 is 28.5 Å². The van der Waals surface area contributed by atoms with Crippen molar-refractivity contribution in [1.29, 1.82) is 0 Å². The topological polar surface area (TPSA) is 94.1 Å². The molecule has 1 aromatic heterocycles. The second kappa shape index (κ2) is 7.13. The van der Waals surface area contributed by atoms with Crippen molar-refractivity contribution >= 4 is 11.0 Å². The van der Waals surface area contributed by atoms with Gasteiger partial charge >= 0.3 is 0 Å². The summed E-state index contributed by atoms with van der Waals surface area (Å²) >= 11 is 0. The monoisotopic (exact) mass is 403 g/mol. The number of fused-ring (bicyclic) bond motifs is 1. The van der Waals surface area contributed by atoms with E-state index in [-0.39, 0.29) is 52.2 Å². The summed E-state index contributed by atoms with van der Waals surface area (Å²) in [5.41, 5.74) is -0.563. The summed E-state index contributed by atoms with van der Waals surface area (Å²) in [5.74, 6) is -2.96. The summed E-state index contributed by atoms with van der Waals surface area (Å²) < 4.78 is 33.3. The maximum absolute atomic E-state index is 14.3. The lowest BCUT2D eigenvalue weighted by molar-refractivity contribution is 0.172. The summed E-state index contributed by atoms with van der Waals surface area (Å²) in [6.07, 6.45) is 0.577. The van der Waals surface area contributed by atoms with Crippen LogP contribution in [0.5, 0.6) is 11.5 Å². The van der Waals surface area contributed by atoms with E-state index < -0.39 is 22.8 Å². The van der Waals surface area contributed by atoms with Gasteiger partial charge in [0.1, 0.15) is 39.9 Å². The van der Waals surface area contributed by atoms with Gasteiger partial charge in [0.15, 0.2) is 5.43 Å². The van der Waals surface area contributed by atoms with Crippen molar-refractivity contribution in [3.05, 3.63) is 57.8 Å². The highest BCUT2D eigenvalue weighted by Gasteiger charge is 2.36. The summed E-state index contributed by atoms with van der Waals surface area (Å²) in [6, 6.07) is 4.62. The minimum Gasteiger partial charge on any atom is -0.507 e. The minimum atomic E-state index is -0.910. The van der Waals surface area contributed by atoms with Crippen LogP contribution in [0, 0.1) is 11.6 Å². The van der Waals surface area contributed by atoms with E-state index in [1.807, 2.05) is 11.9 Å². The summed E-state index contributed by atoms with van der Waals surface area (Å²) in [6.45, 7) is 0.466. The fourth-order valence-corrected chi connectivity index (χ4v) is 4.11. The average Bonchev–Trinajstić information content (AvgIpc) is 3.01. The molecule has 0 bridgehead atoms. The molecule has 0 saturated carbocycles. The number of phenolic OH excluding ortho intramolecular Hbond substituents is 2. The fourth-order valence-electron chi connectivity index (χ4n) is 4.11. The SMILES string of the molecule is CN1CCC(c2c(O)cc(O)c3c(=O)cc(-c4ccc(F)cc4F)oc23)C1CO. The van der Waals surface area contributed by atoms with Crippen LogP contribution in [-0.4, -0.2) is 46.5 Å². The second-order valence-corrected chi connectivity index (χ2v) is 7.26. The van der Waals surface area contributed by atoms with E-state index in [9.17, 15) is 28.9 Å². The molecule has 0 radical (unpaired) electrons. The number of benzene rings is 2. The van der Waals surface area contributed by atoms with Gasteiger partial charge in [-0.05, 0) is 32.1 Å². The first-order valence-corrected chi connectivity index (χ1v) is 9.11. The molecule has 1 aliphatic rings. The van der Waals surface area contributed by atoms with Crippen LogP contribution in [0.25, 0.3) is 22.3 Å². The first kappa shape index (κ1) is 19.4. The number of likely N-dealkylation sites (N-methyl/N-ethyl adjacent to an activating group) is 1. The van der Waals surface area contributed by atoms with Crippen LogP contribution in [0.2, 0.25) is 0 Å². The smallest absolute Gasteiger partial charge is 0.197 e. The Labute approximate surface area is 164 Å². The van der Waals surface area contributed by atoms with Gasteiger partial charge in [-0.25, -0.2) is 8.78 Å². The van der Waals surface area contributed by atoms with Crippen LogP contribution < -0.4 is 5.43 Å². The molecule has 0 amide bonds. The Morgan fingerprint density at radius 1 is 1.17 bits per heavy atom. The highest BCUT2D eigenvalue weighted by Crippen LogP contribution is 2.44. The molecule has 0 spiro atoms. The number of aromatic hydroxyl groups is 2. The molecule has 3 aromatic rings. The van der Waals surface area contributed by atoms with Crippen molar-refractivity contribution in [2.75, 3.05) is 20.2 Å². The number of rotatable bonds is 3. The van der Waals surface area contributed by atoms with Crippen molar-refractivity contribution in [2.24, 2.45) is 0 Å². The predicted octanol–water partition coefficient (Wildman–Crippen LogP) is 2.93. The number of halogens is 2. The zero-order valence-corrected chi connectivity index (χ0v) is 15.5. The Bertz CT molecular complexity index is 1160. The molecule has 2 heterocycles. The Morgan fingerprint density at radius 2 is 1.93 bits per heavy atom. The molecular weight excluding hydrogens is 384 g/mol. The van der Waals surface area contributed by atoms with E-state index in [0.29, 0.717) is 19.0 Å². The molecule has 4 rings (SSSR count). The van der Waals surface area contributed by atoms with Gasteiger partial charge in [-0.15, -0.1) is 0 Å². The van der Waals surface area contributed by atoms with E-state index >= 15 is 0 Å². The molecule has 1 saturated heterocycles. The number of phenols is 2. The minimum absolute atomic E-state index is 0.0764. The predicted molar refractivity (Wildman–Crippen MR) is 102 cm³/mol. The molecule has 29 heavy (non-hydrogen) atoms. The van der Waals surface area contributed by atoms with Crippen LogP contribution in [0.1, 0.15) is 17.9 Å². The molecule has 2 unspecified atom stereocenters. The van der Waals surface area contributed by atoms with Crippen LogP contribution in [0.3, 0.4) is 0 Å². The molecule has 1 fully saturated rings. The lowest BCUT2D eigenvalue weighted by atomic mass is 9.89. The molecule has 3 N–H and O–H groups in total. The van der Waals surface area contributed by atoms with E-state index in [1.54, 1.807) is 0 Å². The van der Waals surface area contributed by atoms with Gasteiger partial charge < -0.3 is 24.6 Å². The molecule has 2 atom stereocenters.